The first-order valence-corrected chi connectivity index (χ1v) is 8.18. The van der Waals surface area contributed by atoms with Gasteiger partial charge in [0.1, 0.15) is 11.4 Å². The van der Waals surface area contributed by atoms with Gasteiger partial charge in [0, 0.05) is 39.0 Å². The standard InChI is InChI=1S/C17H21N3O4/c1-19-9-6-18-15(19)17(22)11-16(24-12-17)4-7-20(8-5-16)14(21)13-3-2-10-23-13/h2-3,6,9-10,22H,4-5,7-8,11-12H2,1H3. The van der Waals surface area contributed by atoms with Crippen LogP contribution in [0.2, 0.25) is 0 Å². The molecule has 128 valence electrons. The van der Waals surface area contributed by atoms with Gasteiger partial charge in [-0.3, -0.25) is 4.79 Å². The summed E-state index contributed by atoms with van der Waals surface area (Å²) < 4.78 is 13.0. The van der Waals surface area contributed by atoms with E-state index >= 15 is 0 Å². The molecule has 0 bridgehead atoms. The average molecular weight is 331 g/mol. The van der Waals surface area contributed by atoms with Gasteiger partial charge in [-0.25, -0.2) is 4.98 Å². The quantitative estimate of drug-likeness (QED) is 0.897. The second-order valence-corrected chi connectivity index (χ2v) is 6.81. The molecule has 4 heterocycles. The molecular weight excluding hydrogens is 310 g/mol. The van der Waals surface area contributed by atoms with Crippen LogP contribution in [0.25, 0.3) is 0 Å². The van der Waals surface area contributed by atoms with Gasteiger partial charge in [0.05, 0.1) is 18.5 Å². The van der Waals surface area contributed by atoms with E-state index in [4.69, 9.17) is 9.15 Å². The van der Waals surface area contributed by atoms with Crippen LogP contribution >= 0.6 is 0 Å². The van der Waals surface area contributed by atoms with Gasteiger partial charge in [0.25, 0.3) is 5.91 Å². The summed E-state index contributed by atoms with van der Waals surface area (Å²) in [6.07, 6.45) is 6.92. The van der Waals surface area contributed by atoms with Crippen molar-refractivity contribution in [3.63, 3.8) is 0 Å². The van der Waals surface area contributed by atoms with Crippen LogP contribution in [0.4, 0.5) is 0 Å². The Morgan fingerprint density at radius 1 is 1.38 bits per heavy atom. The maximum absolute atomic E-state index is 12.4. The minimum atomic E-state index is -1.06. The summed E-state index contributed by atoms with van der Waals surface area (Å²) in [5.74, 6) is 0.906. The highest BCUT2D eigenvalue weighted by Gasteiger charge is 2.52. The molecule has 2 aliphatic heterocycles. The number of rotatable bonds is 2. The van der Waals surface area contributed by atoms with Crippen molar-refractivity contribution in [3.05, 3.63) is 42.4 Å². The number of carbonyl (C=O) groups is 1. The van der Waals surface area contributed by atoms with E-state index in [0.717, 1.165) is 0 Å². The molecule has 0 saturated carbocycles. The lowest BCUT2D eigenvalue weighted by atomic mass is 9.83. The lowest BCUT2D eigenvalue weighted by molar-refractivity contribution is -0.0441. The van der Waals surface area contributed by atoms with E-state index in [1.807, 2.05) is 17.8 Å². The van der Waals surface area contributed by atoms with Crippen molar-refractivity contribution >= 4 is 5.91 Å². The first-order valence-electron chi connectivity index (χ1n) is 8.18. The number of aryl methyl sites for hydroxylation is 1. The van der Waals surface area contributed by atoms with Crippen molar-refractivity contribution in [1.29, 1.82) is 0 Å². The zero-order valence-corrected chi connectivity index (χ0v) is 13.6. The maximum Gasteiger partial charge on any atom is 0.289 e. The summed E-state index contributed by atoms with van der Waals surface area (Å²) in [7, 11) is 1.87. The number of aliphatic hydroxyl groups is 1. The highest BCUT2D eigenvalue weighted by molar-refractivity contribution is 5.91. The topological polar surface area (TPSA) is 80.7 Å². The van der Waals surface area contributed by atoms with Gasteiger partial charge in [-0.2, -0.15) is 0 Å². The van der Waals surface area contributed by atoms with Gasteiger partial charge in [0.15, 0.2) is 5.76 Å². The van der Waals surface area contributed by atoms with Crippen molar-refractivity contribution in [1.82, 2.24) is 14.5 Å². The molecule has 2 aliphatic rings. The molecule has 0 aliphatic carbocycles. The Balaban J connectivity index is 1.44. The summed E-state index contributed by atoms with van der Waals surface area (Å²) in [5.41, 5.74) is -1.45. The normalized spacial score (nSPS) is 26.2. The number of nitrogens with zero attached hydrogens (tertiary/aromatic N) is 3. The van der Waals surface area contributed by atoms with Gasteiger partial charge < -0.3 is 23.7 Å². The SMILES string of the molecule is Cn1ccnc1C1(O)COC2(CCN(C(=O)c3ccco3)CC2)C1. The fourth-order valence-electron chi connectivity index (χ4n) is 3.86. The molecule has 7 heteroatoms. The number of amides is 1. The van der Waals surface area contributed by atoms with E-state index in [9.17, 15) is 9.90 Å². The predicted molar refractivity (Wildman–Crippen MR) is 84.3 cm³/mol. The number of furan rings is 1. The number of ether oxygens (including phenoxy) is 1. The highest BCUT2D eigenvalue weighted by atomic mass is 16.5. The first-order chi connectivity index (χ1) is 11.5. The molecule has 1 atom stereocenters. The smallest absolute Gasteiger partial charge is 0.289 e. The second kappa shape index (κ2) is 5.46. The van der Waals surface area contributed by atoms with Gasteiger partial charge in [-0.15, -0.1) is 0 Å². The number of imidazole rings is 1. The van der Waals surface area contributed by atoms with Crippen molar-refractivity contribution in [3.8, 4) is 0 Å². The van der Waals surface area contributed by atoms with Crippen LogP contribution in [0, 0.1) is 0 Å². The molecule has 0 radical (unpaired) electrons. The lowest BCUT2D eigenvalue weighted by Crippen LogP contribution is -2.47. The monoisotopic (exact) mass is 331 g/mol. The Kier molecular flexibility index (Phi) is 3.51. The third kappa shape index (κ3) is 2.44. The summed E-state index contributed by atoms with van der Waals surface area (Å²) in [5, 5.41) is 11.0. The summed E-state index contributed by atoms with van der Waals surface area (Å²) in [6, 6.07) is 3.39. The van der Waals surface area contributed by atoms with Crippen LogP contribution in [0.3, 0.4) is 0 Å². The molecule has 2 fully saturated rings. The largest absolute Gasteiger partial charge is 0.459 e. The van der Waals surface area contributed by atoms with Gasteiger partial charge in [-0.1, -0.05) is 0 Å². The zero-order valence-electron chi connectivity index (χ0n) is 13.6. The lowest BCUT2D eigenvalue weighted by Gasteiger charge is -2.38. The summed E-state index contributed by atoms with van der Waals surface area (Å²) in [4.78, 5) is 18.4. The van der Waals surface area contributed by atoms with E-state index in [1.54, 1.807) is 23.2 Å². The third-order valence-electron chi connectivity index (χ3n) is 5.16. The average Bonchev–Trinajstić information content (AvgIpc) is 3.29. The number of aromatic nitrogens is 2. The molecule has 1 spiro atoms. The molecule has 2 aromatic heterocycles. The summed E-state index contributed by atoms with van der Waals surface area (Å²) in [6.45, 7) is 1.43. The molecule has 2 aromatic rings. The van der Waals surface area contributed by atoms with Crippen molar-refractivity contribution in [2.75, 3.05) is 19.7 Å². The van der Waals surface area contributed by atoms with E-state index in [-0.39, 0.29) is 18.1 Å². The fraction of sp³-hybridized carbons (Fsp3) is 0.529. The number of piperidine rings is 1. The minimum absolute atomic E-state index is 0.0905. The Bertz CT molecular complexity index is 731. The van der Waals surface area contributed by atoms with E-state index < -0.39 is 5.60 Å². The Hall–Kier alpha value is -2.12. The van der Waals surface area contributed by atoms with Crippen molar-refractivity contribution in [2.24, 2.45) is 7.05 Å². The van der Waals surface area contributed by atoms with Crippen LogP contribution < -0.4 is 0 Å². The van der Waals surface area contributed by atoms with E-state index in [2.05, 4.69) is 4.98 Å². The molecule has 4 rings (SSSR count). The van der Waals surface area contributed by atoms with Crippen LogP contribution in [-0.2, 0) is 17.4 Å². The predicted octanol–water partition coefficient (Wildman–Crippen LogP) is 1.30. The Morgan fingerprint density at radius 3 is 2.79 bits per heavy atom. The molecule has 7 nitrogen and oxygen atoms in total. The van der Waals surface area contributed by atoms with Crippen LogP contribution in [-0.4, -0.2) is 50.8 Å². The molecule has 1 amide bonds. The number of likely N-dealkylation sites (tertiary alicyclic amines) is 1. The highest BCUT2D eigenvalue weighted by Crippen LogP contribution is 2.44. The van der Waals surface area contributed by atoms with Crippen molar-refractivity contribution < 1.29 is 19.1 Å². The molecule has 24 heavy (non-hydrogen) atoms. The third-order valence-corrected chi connectivity index (χ3v) is 5.16. The first kappa shape index (κ1) is 15.4. The second-order valence-electron chi connectivity index (χ2n) is 6.81. The number of hydrogen-bond donors (Lipinski definition) is 1. The molecule has 2 saturated heterocycles. The maximum atomic E-state index is 12.4. The van der Waals surface area contributed by atoms with Gasteiger partial charge in [0.2, 0.25) is 0 Å². The number of carbonyl (C=O) groups excluding carboxylic acids is 1. The molecule has 1 N–H and O–H groups in total. The summed E-state index contributed by atoms with van der Waals surface area (Å²) >= 11 is 0. The number of hydrogen-bond acceptors (Lipinski definition) is 5. The molecule has 1 unspecified atom stereocenters. The Morgan fingerprint density at radius 2 is 2.17 bits per heavy atom. The van der Waals surface area contributed by atoms with Crippen LogP contribution in [0.1, 0.15) is 35.6 Å². The zero-order chi connectivity index (χ0) is 16.8. The van der Waals surface area contributed by atoms with Crippen LogP contribution in [0.15, 0.2) is 35.2 Å². The molecule has 0 aromatic carbocycles. The van der Waals surface area contributed by atoms with E-state index in [1.165, 1.54) is 6.26 Å². The fourth-order valence-corrected chi connectivity index (χ4v) is 3.86. The van der Waals surface area contributed by atoms with Gasteiger partial charge in [-0.05, 0) is 25.0 Å². The van der Waals surface area contributed by atoms with Crippen molar-refractivity contribution in [2.45, 2.75) is 30.5 Å². The minimum Gasteiger partial charge on any atom is -0.459 e. The Labute approximate surface area is 139 Å². The van der Waals surface area contributed by atoms with E-state index in [0.29, 0.717) is 43.9 Å². The van der Waals surface area contributed by atoms with Gasteiger partial charge >= 0.3 is 0 Å². The molecular formula is C17H21N3O4. The van der Waals surface area contributed by atoms with Crippen LogP contribution in [0.5, 0.6) is 0 Å².